The quantitative estimate of drug-likeness (QED) is 0.593. The van der Waals surface area contributed by atoms with Crippen LogP contribution in [0.1, 0.15) is 11.3 Å². The predicted molar refractivity (Wildman–Crippen MR) is 42.4 cm³/mol. The number of ether oxygens (including phenoxy) is 1. The van der Waals surface area contributed by atoms with Crippen LogP contribution >= 0.6 is 0 Å². The van der Waals surface area contributed by atoms with Crippen LogP contribution in [-0.4, -0.2) is 17.7 Å². The molecule has 11 heavy (non-hydrogen) atoms. The van der Waals surface area contributed by atoms with Crippen molar-refractivity contribution in [1.29, 1.82) is 0 Å². The van der Waals surface area contributed by atoms with Gasteiger partial charge in [0.05, 0.1) is 12.7 Å². The van der Waals surface area contributed by atoms with Gasteiger partial charge in [0.1, 0.15) is 0 Å². The van der Waals surface area contributed by atoms with Gasteiger partial charge in [0, 0.05) is 18.3 Å². The van der Waals surface area contributed by atoms with Gasteiger partial charge in [-0.1, -0.05) is 0 Å². The molecule has 0 bridgehead atoms. The topological polar surface area (TPSA) is 25.4 Å². The third kappa shape index (κ3) is 1.77. The lowest BCUT2D eigenvalue weighted by Crippen LogP contribution is -1.95. The van der Waals surface area contributed by atoms with Gasteiger partial charge in [-0.3, -0.25) is 4.98 Å². The number of hydrogen-bond acceptors (Lipinski definition) is 2. The second kappa shape index (κ2) is 2.62. The Morgan fingerprint density at radius 1 is 1.73 bits per heavy atom. The molecular formula is C9H11NO. The summed E-state index contributed by atoms with van der Waals surface area (Å²) < 4.78 is 5.11. The van der Waals surface area contributed by atoms with Crippen LogP contribution in [0.5, 0.6) is 0 Å². The molecule has 0 amide bonds. The van der Waals surface area contributed by atoms with Crippen LogP contribution in [0.4, 0.5) is 0 Å². The third-order valence-corrected chi connectivity index (χ3v) is 1.81. The van der Waals surface area contributed by atoms with Crippen molar-refractivity contribution in [2.24, 2.45) is 0 Å². The predicted octanol–water partition coefficient (Wildman–Crippen LogP) is 1.33. The molecule has 0 radical (unpaired) electrons. The van der Waals surface area contributed by atoms with Crippen molar-refractivity contribution in [3.05, 3.63) is 29.6 Å². The molecule has 0 N–H and O–H groups in total. The van der Waals surface area contributed by atoms with Crippen LogP contribution in [0.2, 0.25) is 0 Å². The number of pyridine rings is 1. The fourth-order valence-electron chi connectivity index (χ4n) is 1.13. The van der Waals surface area contributed by atoms with Crippen molar-refractivity contribution in [1.82, 2.24) is 4.98 Å². The van der Waals surface area contributed by atoms with Gasteiger partial charge in [0.15, 0.2) is 0 Å². The summed E-state index contributed by atoms with van der Waals surface area (Å²) >= 11 is 0. The van der Waals surface area contributed by atoms with E-state index >= 15 is 0 Å². The minimum absolute atomic E-state index is 0.448. The molecule has 1 fully saturated rings. The lowest BCUT2D eigenvalue weighted by Gasteiger charge is -1.96. The van der Waals surface area contributed by atoms with E-state index in [-0.39, 0.29) is 0 Å². The summed E-state index contributed by atoms with van der Waals surface area (Å²) in [6.07, 6.45) is 3.28. The second-order valence-electron chi connectivity index (χ2n) is 2.98. The number of nitrogens with zero attached hydrogens (tertiary/aromatic N) is 1. The van der Waals surface area contributed by atoms with E-state index in [2.05, 4.69) is 18.0 Å². The van der Waals surface area contributed by atoms with Crippen LogP contribution in [-0.2, 0) is 11.2 Å². The fourth-order valence-corrected chi connectivity index (χ4v) is 1.13. The summed E-state index contributed by atoms with van der Waals surface area (Å²) in [5, 5.41) is 0. The highest BCUT2D eigenvalue weighted by atomic mass is 16.6. The summed E-state index contributed by atoms with van der Waals surface area (Å²) in [6.45, 7) is 2.99. The molecule has 2 rings (SSSR count). The zero-order valence-corrected chi connectivity index (χ0v) is 6.58. The number of rotatable bonds is 2. The van der Waals surface area contributed by atoms with Gasteiger partial charge in [-0.15, -0.1) is 0 Å². The zero-order chi connectivity index (χ0) is 7.68. The molecule has 1 saturated heterocycles. The molecule has 0 aliphatic carbocycles. The van der Waals surface area contributed by atoms with E-state index in [1.54, 1.807) is 0 Å². The van der Waals surface area contributed by atoms with Gasteiger partial charge in [-0.05, 0) is 24.6 Å². The highest BCUT2D eigenvalue weighted by Crippen LogP contribution is 2.14. The fraction of sp³-hybridized carbons (Fsp3) is 0.444. The third-order valence-electron chi connectivity index (χ3n) is 1.81. The normalized spacial score (nSPS) is 21.7. The summed E-state index contributed by atoms with van der Waals surface area (Å²) in [6, 6.07) is 4.12. The lowest BCUT2D eigenvalue weighted by atomic mass is 10.2. The Hall–Kier alpha value is -0.890. The van der Waals surface area contributed by atoms with Gasteiger partial charge in [-0.25, -0.2) is 0 Å². The molecule has 0 saturated carbocycles. The largest absolute Gasteiger partial charge is 0.373 e. The molecule has 2 heterocycles. The highest BCUT2D eigenvalue weighted by Gasteiger charge is 2.22. The zero-order valence-electron chi connectivity index (χ0n) is 6.58. The van der Waals surface area contributed by atoms with Crippen molar-refractivity contribution in [3.8, 4) is 0 Å². The molecule has 1 unspecified atom stereocenters. The molecular weight excluding hydrogens is 138 g/mol. The molecule has 2 heteroatoms. The Morgan fingerprint density at radius 3 is 3.18 bits per heavy atom. The van der Waals surface area contributed by atoms with Gasteiger partial charge in [0.2, 0.25) is 0 Å². The monoisotopic (exact) mass is 149 g/mol. The van der Waals surface area contributed by atoms with Gasteiger partial charge in [0.25, 0.3) is 0 Å². The summed E-state index contributed by atoms with van der Waals surface area (Å²) in [4.78, 5) is 4.24. The average Bonchev–Trinajstić information content (AvgIpc) is 2.71. The minimum atomic E-state index is 0.448. The number of aryl methyl sites for hydroxylation is 1. The Balaban J connectivity index is 2.10. The van der Waals surface area contributed by atoms with Crippen LogP contribution in [0.15, 0.2) is 18.3 Å². The van der Waals surface area contributed by atoms with Gasteiger partial charge in [-0.2, -0.15) is 0 Å². The SMILES string of the molecule is Cc1ccnc(CC2CO2)c1. The van der Waals surface area contributed by atoms with E-state index in [9.17, 15) is 0 Å². The molecule has 0 spiro atoms. The number of hydrogen-bond donors (Lipinski definition) is 0. The molecule has 1 aromatic heterocycles. The van der Waals surface area contributed by atoms with Gasteiger partial charge < -0.3 is 4.74 Å². The first-order chi connectivity index (χ1) is 5.34. The van der Waals surface area contributed by atoms with E-state index in [0.29, 0.717) is 6.10 Å². The van der Waals surface area contributed by atoms with Crippen LogP contribution in [0.3, 0.4) is 0 Å². The standard InChI is InChI=1S/C9H11NO/c1-7-2-3-10-8(4-7)5-9-6-11-9/h2-4,9H,5-6H2,1H3. The average molecular weight is 149 g/mol. The van der Waals surface area contributed by atoms with E-state index in [1.165, 1.54) is 5.56 Å². The lowest BCUT2D eigenvalue weighted by molar-refractivity contribution is 0.406. The summed E-state index contributed by atoms with van der Waals surface area (Å²) in [7, 11) is 0. The van der Waals surface area contributed by atoms with E-state index < -0.39 is 0 Å². The molecule has 1 aliphatic heterocycles. The molecule has 0 aromatic carbocycles. The molecule has 2 nitrogen and oxygen atoms in total. The smallest absolute Gasteiger partial charge is 0.0865 e. The summed E-state index contributed by atoms with van der Waals surface area (Å²) in [5.74, 6) is 0. The van der Waals surface area contributed by atoms with E-state index in [0.717, 1.165) is 18.7 Å². The first-order valence-corrected chi connectivity index (χ1v) is 3.88. The molecule has 1 aliphatic rings. The van der Waals surface area contributed by atoms with Gasteiger partial charge >= 0.3 is 0 Å². The van der Waals surface area contributed by atoms with Crippen molar-refractivity contribution in [3.63, 3.8) is 0 Å². The van der Waals surface area contributed by atoms with Crippen molar-refractivity contribution < 1.29 is 4.74 Å². The van der Waals surface area contributed by atoms with E-state index in [4.69, 9.17) is 4.74 Å². The van der Waals surface area contributed by atoms with Crippen LogP contribution in [0, 0.1) is 6.92 Å². The maximum Gasteiger partial charge on any atom is 0.0865 e. The highest BCUT2D eigenvalue weighted by molar-refractivity contribution is 5.15. The number of epoxide rings is 1. The first kappa shape index (κ1) is 6.80. The Bertz CT molecular complexity index is 255. The minimum Gasteiger partial charge on any atom is -0.373 e. The van der Waals surface area contributed by atoms with Crippen molar-refractivity contribution in [2.45, 2.75) is 19.4 Å². The molecule has 1 aromatic rings. The Kier molecular flexibility index (Phi) is 1.62. The second-order valence-corrected chi connectivity index (χ2v) is 2.98. The van der Waals surface area contributed by atoms with Crippen LogP contribution < -0.4 is 0 Å². The summed E-state index contributed by atoms with van der Waals surface area (Å²) in [5.41, 5.74) is 2.42. The maximum atomic E-state index is 5.11. The van der Waals surface area contributed by atoms with Crippen molar-refractivity contribution in [2.75, 3.05) is 6.61 Å². The van der Waals surface area contributed by atoms with Crippen molar-refractivity contribution >= 4 is 0 Å². The van der Waals surface area contributed by atoms with E-state index in [1.807, 2.05) is 12.3 Å². The molecule has 58 valence electrons. The number of aromatic nitrogens is 1. The Morgan fingerprint density at radius 2 is 2.55 bits per heavy atom. The maximum absolute atomic E-state index is 5.11. The first-order valence-electron chi connectivity index (χ1n) is 3.88. The van der Waals surface area contributed by atoms with Crippen LogP contribution in [0.25, 0.3) is 0 Å². The Labute approximate surface area is 66.2 Å². The molecule has 1 atom stereocenters.